The van der Waals surface area contributed by atoms with E-state index in [1.807, 2.05) is 119 Å². The van der Waals surface area contributed by atoms with Crippen LogP contribution in [0.2, 0.25) is 20.1 Å². The lowest BCUT2D eigenvalue weighted by atomic mass is 9.89. The van der Waals surface area contributed by atoms with Crippen molar-refractivity contribution in [3.63, 3.8) is 0 Å². The SMILES string of the molecule is NC(=O)C[C@@H]1O[C@H](c2cccc(Cl)c2)[C@@H](c2ccc(Cl)cc2)N([C@H](CN(CC2CC2)c2ccccc2)C2CC2)C1=O.NC(=O)C[C@H]1O[C@H](c2cccc(Cl)c2)[C@@H](c2ccc(Cl)cc2)N([C@H](CN(CC2CC2)c2ccccc2)C2CC2)C1=O. The molecule has 428 valence electrons. The number of carbonyl (C=O) groups is 4. The number of benzene rings is 6. The van der Waals surface area contributed by atoms with Gasteiger partial charge in [0.1, 0.15) is 24.4 Å². The number of nitrogens with two attached hydrogens (primary N) is 2. The fourth-order valence-electron chi connectivity index (χ4n) is 12.2. The summed E-state index contributed by atoms with van der Waals surface area (Å²) >= 11 is 25.5. The Hall–Kier alpha value is -6.12. The van der Waals surface area contributed by atoms with Crippen molar-refractivity contribution in [2.75, 3.05) is 36.0 Å². The molecule has 0 unspecified atom stereocenters. The standard InChI is InChI=1S/2C33H35Cl2N3O3/c2*34-25-15-13-23(14-16-25)31-32(24-5-4-6-26(35)17-24)41-29(18-30(36)39)33(40)38(31)28(22-11-12-22)20-37(19-21-9-10-21)27-7-2-1-3-8-27/h2*1-8,13-17,21-22,28-29,31-32H,9-12,18-20H2,(H2,36,39)/t28-,29+,31-,32-;28-,29-,31-,32-/m11/s1. The van der Waals surface area contributed by atoms with Crippen LogP contribution in [-0.2, 0) is 28.7 Å². The third-order valence-electron chi connectivity index (χ3n) is 16.9. The molecule has 0 radical (unpaired) electrons. The molecule has 0 bridgehead atoms. The maximum atomic E-state index is 14.4. The van der Waals surface area contributed by atoms with E-state index in [1.165, 1.54) is 25.7 Å². The zero-order valence-electron chi connectivity index (χ0n) is 45.7. The molecule has 8 atom stereocenters. The van der Waals surface area contributed by atoms with Crippen molar-refractivity contribution in [2.24, 2.45) is 35.1 Å². The number of morpholine rings is 2. The molecule has 12 nitrogen and oxygen atoms in total. The minimum Gasteiger partial charge on any atom is -0.370 e. The van der Waals surface area contributed by atoms with Crippen LogP contribution in [0.15, 0.2) is 158 Å². The van der Waals surface area contributed by atoms with E-state index in [4.69, 9.17) is 67.3 Å². The maximum absolute atomic E-state index is 14.4. The first-order chi connectivity index (χ1) is 39.7. The number of ether oxygens (including phenoxy) is 2. The van der Waals surface area contributed by atoms with Gasteiger partial charge in [-0.2, -0.15) is 0 Å². The largest absolute Gasteiger partial charge is 0.370 e. The Morgan fingerprint density at radius 2 is 0.829 bits per heavy atom. The summed E-state index contributed by atoms with van der Waals surface area (Å²) in [6.07, 6.45) is 5.74. The van der Waals surface area contributed by atoms with Gasteiger partial charge in [0.15, 0.2) is 0 Å². The number of para-hydroxylation sites is 2. The molecule has 6 aromatic carbocycles. The van der Waals surface area contributed by atoms with Crippen LogP contribution in [-0.4, -0.2) is 83.9 Å². The van der Waals surface area contributed by atoms with Crippen LogP contribution in [0.1, 0.15) is 111 Å². The van der Waals surface area contributed by atoms with Gasteiger partial charge in [-0.3, -0.25) is 19.2 Å². The third-order valence-corrected chi connectivity index (χ3v) is 17.8. The lowest BCUT2D eigenvalue weighted by Gasteiger charge is -2.49. The number of amides is 4. The van der Waals surface area contributed by atoms with Gasteiger partial charge in [0, 0.05) is 57.6 Å². The van der Waals surface area contributed by atoms with Gasteiger partial charge < -0.3 is 40.5 Å². The van der Waals surface area contributed by atoms with Crippen LogP contribution >= 0.6 is 46.4 Å². The third kappa shape index (κ3) is 14.3. The Labute approximate surface area is 500 Å². The molecule has 12 rings (SSSR count). The predicted molar refractivity (Wildman–Crippen MR) is 324 cm³/mol. The molecule has 0 aromatic heterocycles. The molecule has 4 N–H and O–H groups in total. The van der Waals surface area contributed by atoms with Crippen molar-refractivity contribution < 1.29 is 28.7 Å². The molecule has 6 aliphatic rings. The van der Waals surface area contributed by atoms with Gasteiger partial charge in [-0.1, -0.05) is 131 Å². The summed E-state index contributed by atoms with van der Waals surface area (Å²) in [5.41, 5.74) is 17.1. The fourth-order valence-corrected chi connectivity index (χ4v) is 12.8. The quantitative estimate of drug-likeness (QED) is 0.0682. The van der Waals surface area contributed by atoms with Crippen LogP contribution < -0.4 is 21.3 Å². The zero-order chi connectivity index (χ0) is 57.0. The Bertz CT molecular complexity index is 2970. The topological polar surface area (TPSA) is 152 Å². The van der Waals surface area contributed by atoms with Crippen molar-refractivity contribution >= 4 is 81.4 Å². The summed E-state index contributed by atoms with van der Waals surface area (Å²) in [6.45, 7) is 3.32. The molecule has 4 amide bonds. The normalized spacial score (nSPS) is 23.3. The Kier molecular flexibility index (Phi) is 18.1. The molecule has 6 fully saturated rings. The number of anilines is 2. The van der Waals surface area contributed by atoms with Gasteiger partial charge in [0.2, 0.25) is 11.8 Å². The first kappa shape index (κ1) is 57.7. The van der Waals surface area contributed by atoms with Gasteiger partial charge in [0.25, 0.3) is 11.8 Å². The molecule has 2 heterocycles. The summed E-state index contributed by atoms with van der Waals surface area (Å²) in [5, 5.41) is 2.39. The molecule has 6 aromatic rings. The fraction of sp³-hybridized carbons (Fsp3) is 0.394. The Morgan fingerprint density at radius 3 is 1.15 bits per heavy atom. The molecule has 82 heavy (non-hydrogen) atoms. The molecular formula is C66H70Cl4N6O6. The molecule has 0 spiro atoms. The van der Waals surface area contributed by atoms with Crippen molar-refractivity contribution in [1.29, 1.82) is 0 Å². The number of rotatable bonds is 22. The summed E-state index contributed by atoms with van der Waals surface area (Å²) in [5.74, 6) is 0.518. The minimum atomic E-state index is -0.977. The zero-order valence-corrected chi connectivity index (χ0v) is 48.8. The average molecular weight is 1190 g/mol. The molecule has 2 aliphatic heterocycles. The van der Waals surface area contributed by atoms with E-state index in [2.05, 4.69) is 58.3 Å². The van der Waals surface area contributed by atoms with Gasteiger partial charge in [-0.15, -0.1) is 0 Å². The minimum absolute atomic E-state index is 0.0805. The predicted octanol–water partition coefficient (Wildman–Crippen LogP) is 13.1. The number of nitrogens with zero attached hydrogens (tertiary/aromatic N) is 4. The average Bonchev–Trinajstić information content (AvgIpc) is 3.45. The Balaban J connectivity index is 0.000000172. The first-order valence-corrected chi connectivity index (χ1v) is 30.4. The number of primary amides is 2. The van der Waals surface area contributed by atoms with Crippen molar-refractivity contribution in [2.45, 2.75) is 113 Å². The lowest BCUT2D eigenvalue weighted by molar-refractivity contribution is -0.181. The second-order valence-corrected chi connectivity index (χ2v) is 24.9. The number of halogens is 4. The molecule has 4 aliphatic carbocycles. The smallest absolute Gasteiger partial charge is 0.253 e. The van der Waals surface area contributed by atoms with E-state index in [0.29, 0.717) is 56.9 Å². The monoisotopic (exact) mass is 1180 g/mol. The van der Waals surface area contributed by atoms with Crippen LogP contribution in [0.4, 0.5) is 11.4 Å². The van der Waals surface area contributed by atoms with E-state index in [1.54, 1.807) is 0 Å². The van der Waals surface area contributed by atoms with Crippen molar-refractivity contribution in [3.8, 4) is 0 Å². The summed E-state index contributed by atoms with van der Waals surface area (Å²) < 4.78 is 13.0. The second-order valence-electron chi connectivity index (χ2n) is 23.2. The number of carbonyl (C=O) groups excluding carboxylic acids is 4. The van der Waals surface area contributed by atoms with E-state index in [0.717, 1.165) is 72.4 Å². The van der Waals surface area contributed by atoms with Gasteiger partial charge in [-0.25, -0.2) is 0 Å². The van der Waals surface area contributed by atoms with Crippen molar-refractivity contribution in [3.05, 3.63) is 200 Å². The van der Waals surface area contributed by atoms with Crippen LogP contribution in [0.3, 0.4) is 0 Å². The number of hydrogen-bond donors (Lipinski definition) is 2. The van der Waals surface area contributed by atoms with Gasteiger partial charge in [-0.05, 0) is 170 Å². The first-order valence-electron chi connectivity index (χ1n) is 28.9. The van der Waals surface area contributed by atoms with Crippen LogP contribution in [0.25, 0.3) is 0 Å². The molecule has 16 heteroatoms. The molecule has 2 saturated heterocycles. The van der Waals surface area contributed by atoms with E-state index in [9.17, 15) is 19.2 Å². The lowest BCUT2D eigenvalue weighted by Crippen LogP contribution is -2.58. The summed E-state index contributed by atoms with van der Waals surface area (Å²) in [7, 11) is 0. The van der Waals surface area contributed by atoms with Gasteiger partial charge in [0.05, 0.1) is 37.0 Å². The highest BCUT2D eigenvalue weighted by Crippen LogP contribution is 2.51. The maximum Gasteiger partial charge on any atom is 0.253 e. The highest BCUT2D eigenvalue weighted by Gasteiger charge is 2.53. The van der Waals surface area contributed by atoms with Gasteiger partial charge >= 0.3 is 0 Å². The van der Waals surface area contributed by atoms with Crippen LogP contribution in [0, 0.1) is 23.7 Å². The van der Waals surface area contributed by atoms with Crippen LogP contribution in [0.5, 0.6) is 0 Å². The van der Waals surface area contributed by atoms with E-state index < -0.39 is 48.3 Å². The van der Waals surface area contributed by atoms with Crippen molar-refractivity contribution in [1.82, 2.24) is 9.80 Å². The summed E-state index contributed by atoms with van der Waals surface area (Å²) in [4.78, 5) is 62.0. The van der Waals surface area contributed by atoms with E-state index in [-0.39, 0.29) is 36.7 Å². The molecule has 4 saturated carbocycles. The Morgan fingerprint density at radius 1 is 0.463 bits per heavy atom. The number of hydrogen-bond acceptors (Lipinski definition) is 8. The highest BCUT2D eigenvalue weighted by molar-refractivity contribution is 6.31. The summed E-state index contributed by atoms with van der Waals surface area (Å²) in [6, 6.07) is 50.2. The molecular weight excluding hydrogens is 1110 g/mol. The highest BCUT2D eigenvalue weighted by atomic mass is 35.5. The second kappa shape index (κ2) is 25.8. The van der Waals surface area contributed by atoms with E-state index >= 15 is 0 Å².